The third kappa shape index (κ3) is 6.40. The molecule has 27 heavy (non-hydrogen) atoms. The molecule has 0 radical (unpaired) electrons. The maximum Gasteiger partial charge on any atom is 0.410 e. The third-order valence-corrected chi connectivity index (χ3v) is 4.92. The third-order valence-electron chi connectivity index (χ3n) is 4.92. The highest BCUT2D eigenvalue weighted by Crippen LogP contribution is 2.19. The summed E-state index contributed by atoms with van der Waals surface area (Å²) in [4.78, 5) is 26.1. The minimum atomic E-state index is -0.702. The summed E-state index contributed by atoms with van der Waals surface area (Å²) in [5.74, 6) is -0.451. The average Bonchev–Trinajstić information content (AvgIpc) is 3.15. The quantitative estimate of drug-likeness (QED) is 0.531. The topological polar surface area (TPSA) is 67.9 Å². The second kappa shape index (κ2) is 10.7. The standard InChI is InChI=1S/C21H30N2O4/c1-4-5-11-18-12-13-19(22-18)14-23(16(2)20(24)26-3)21(25)27-15-17-9-7-6-8-10-17/h4,6-10,16,18-19,22H,1,5,11-15H2,2-3H3/t16-,18-,19-/m0/s1. The van der Waals surface area contributed by atoms with E-state index in [2.05, 4.69) is 11.9 Å². The van der Waals surface area contributed by atoms with Gasteiger partial charge in [-0.25, -0.2) is 9.59 Å². The Labute approximate surface area is 161 Å². The number of ether oxygens (including phenoxy) is 2. The first-order chi connectivity index (χ1) is 13.0. The van der Waals surface area contributed by atoms with Crippen molar-refractivity contribution in [2.45, 2.75) is 57.3 Å². The number of carbonyl (C=O) groups excluding carboxylic acids is 2. The lowest BCUT2D eigenvalue weighted by Gasteiger charge is -2.29. The number of carbonyl (C=O) groups is 2. The molecule has 6 heteroatoms. The van der Waals surface area contributed by atoms with Crippen LogP contribution in [0.4, 0.5) is 4.79 Å². The van der Waals surface area contributed by atoms with Crippen molar-refractivity contribution in [3.63, 3.8) is 0 Å². The van der Waals surface area contributed by atoms with Crippen LogP contribution in [-0.4, -0.2) is 48.7 Å². The summed E-state index contributed by atoms with van der Waals surface area (Å²) < 4.78 is 10.3. The van der Waals surface area contributed by atoms with Gasteiger partial charge in [0.1, 0.15) is 12.6 Å². The zero-order valence-electron chi connectivity index (χ0n) is 16.2. The van der Waals surface area contributed by atoms with E-state index < -0.39 is 18.1 Å². The van der Waals surface area contributed by atoms with Gasteiger partial charge in [0.15, 0.2) is 0 Å². The van der Waals surface area contributed by atoms with E-state index in [0.29, 0.717) is 12.6 Å². The molecule has 0 saturated carbocycles. The number of nitrogens with zero attached hydrogens (tertiary/aromatic N) is 1. The summed E-state index contributed by atoms with van der Waals surface area (Å²) in [6.07, 6.45) is 5.42. The van der Waals surface area contributed by atoms with Gasteiger partial charge in [-0.3, -0.25) is 4.90 Å². The summed E-state index contributed by atoms with van der Waals surface area (Å²) in [6, 6.07) is 9.33. The maximum atomic E-state index is 12.7. The van der Waals surface area contributed by atoms with Crippen molar-refractivity contribution in [3.8, 4) is 0 Å². The second-order valence-electron chi connectivity index (χ2n) is 6.90. The summed E-state index contributed by atoms with van der Waals surface area (Å²) in [5, 5.41) is 3.55. The number of rotatable bonds is 9. The van der Waals surface area contributed by atoms with Crippen LogP contribution < -0.4 is 5.32 Å². The van der Waals surface area contributed by atoms with Crippen LogP contribution in [0.15, 0.2) is 43.0 Å². The zero-order valence-corrected chi connectivity index (χ0v) is 16.2. The molecule has 1 aromatic rings. The molecule has 1 aliphatic rings. The Bertz CT molecular complexity index is 620. The number of allylic oxidation sites excluding steroid dienone is 1. The van der Waals surface area contributed by atoms with Crippen molar-refractivity contribution in [2.75, 3.05) is 13.7 Å². The second-order valence-corrected chi connectivity index (χ2v) is 6.90. The first kappa shape index (κ1) is 21.0. The molecule has 3 atom stereocenters. The minimum absolute atomic E-state index is 0.135. The van der Waals surface area contributed by atoms with E-state index in [9.17, 15) is 9.59 Å². The van der Waals surface area contributed by atoms with Crippen LogP contribution in [0.25, 0.3) is 0 Å². The Hall–Kier alpha value is -2.34. The molecular formula is C21H30N2O4. The first-order valence-electron chi connectivity index (χ1n) is 9.47. The molecule has 2 rings (SSSR count). The number of esters is 1. The van der Waals surface area contributed by atoms with Crippen LogP contribution in [0.5, 0.6) is 0 Å². The lowest BCUT2D eigenvalue weighted by Crippen LogP contribution is -2.49. The van der Waals surface area contributed by atoms with Gasteiger partial charge in [0, 0.05) is 18.6 Å². The Kier molecular flexibility index (Phi) is 8.33. The van der Waals surface area contributed by atoms with Crippen molar-refractivity contribution < 1.29 is 19.1 Å². The first-order valence-corrected chi connectivity index (χ1v) is 9.47. The number of hydrogen-bond donors (Lipinski definition) is 1. The summed E-state index contributed by atoms with van der Waals surface area (Å²) in [6.45, 7) is 6.01. The number of benzene rings is 1. The van der Waals surface area contributed by atoms with Gasteiger partial charge < -0.3 is 14.8 Å². The lowest BCUT2D eigenvalue weighted by atomic mass is 10.1. The molecular weight excluding hydrogens is 344 g/mol. The molecule has 1 fully saturated rings. The molecule has 148 valence electrons. The van der Waals surface area contributed by atoms with Crippen LogP contribution in [-0.2, 0) is 20.9 Å². The van der Waals surface area contributed by atoms with E-state index in [1.54, 1.807) is 6.92 Å². The molecule has 1 heterocycles. The van der Waals surface area contributed by atoms with E-state index in [-0.39, 0.29) is 12.6 Å². The van der Waals surface area contributed by atoms with Gasteiger partial charge in [-0.05, 0) is 38.2 Å². The van der Waals surface area contributed by atoms with Crippen LogP contribution in [0.2, 0.25) is 0 Å². The molecule has 1 N–H and O–H groups in total. The van der Waals surface area contributed by atoms with Crippen LogP contribution in [0.3, 0.4) is 0 Å². The summed E-state index contributed by atoms with van der Waals surface area (Å²) in [7, 11) is 1.32. The number of hydrogen-bond acceptors (Lipinski definition) is 5. The van der Waals surface area contributed by atoms with Gasteiger partial charge >= 0.3 is 12.1 Å². The molecule has 0 unspecified atom stereocenters. The molecule has 0 bridgehead atoms. The van der Waals surface area contributed by atoms with Gasteiger partial charge in [-0.15, -0.1) is 6.58 Å². The van der Waals surface area contributed by atoms with E-state index in [1.165, 1.54) is 12.0 Å². The molecule has 1 saturated heterocycles. The predicted octanol–water partition coefficient (Wildman–Crippen LogP) is 3.27. The fraction of sp³-hybridized carbons (Fsp3) is 0.524. The zero-order chi connectivity index (χ0) is 19.6. The fourth-order valence-corrected chi connectivity index (χ4v) is 3.32. The van der Waals surface area contributed by atoms with Crippen molar-refractivity contribution in [3.05, 3.63) is 48.6 Å². The van der Waals surface area contributed by atoms with Crippen molar-refractivity contribution in [1.82, 2.24) is 10.2 Å². The van der Waals surface area contributed by atoms with E-state index in [0.717, 1.165) is 31.2 Å². The molecule has 6 nitrogen and oxygen atoms in total. The molecule has 0 aliphatic carbocycles. The number of amides is 1. The van der Waals surface area contributed by atoms with Gasteiger partial charge in [0.2, 0.25) is 0 Å². The Morgan fingerprint density at radius 1 is 1.30 bits per heavy atom. The maximum absolute atomic E-state index is 12.7. The Balaban J connectivity index is 1.97. The van der Waals surface area contributed by atoms with Gasteiger partial charge in [-0.1, -0.05) is 36.4 Å². The largest absolute Gasteiger partial charge is 0.467 e. The van der Waals surface area contributed by atoms with Gasteiger partial charge in [0.25, 0.3) is 0 Å². The highest BCUT2D eigenvalue weighted by Gasteiger charge is 2.32. The highest BCUT2D eigenvalue weighted by atomic mass is 16.6. The SMILES string of the molecule is C=CCC[C@H]1CC[C@@H](CN(C(=O)OCc2ccccc2)[C@@H](C)C(=O)OC)N1. The summed E-state index contributed by atoms with van der Waals surface area (Å²) in [5.41, 5.74) is 0.903. The number of nitrogens with one attached hydrogen (secondary N) is 1. The van der Waals surface area contributed by atoms with Crippen molar-refractivity contribution >= 4 is 12.1 Å². The molecule has 1 aromatic carbocycles. The minimum Gasteiger partial charge on any atom is -0.467 e. The lowest BCUT2D eigenvalue weighted by molar-refractivity contribution is -0.145. The van der Waals surface area contributed by atoms with Crippen LogP contribution in [0.1, 0.15) is 38.2 Å². The molecule has 1 aliphatic heterocycles. The van der Waals surface area contributed by atoms with E-state index >= 15 is 0 Å². The highest BCUT2D eigenvalue weighted by molar-refractivity contribution is 5.81. The predicted molar refractivity (Wildman–Crippen MR) is 104 cm³/mol. The van der Waals surface area contributed by atoms with E-state index in [1.807, 2.05) is 36.4 Å². The molecule has 1 amide bonds. The number of methoxy groups -OCH3 is 1. The molecule has 0 aromatic heterocycles. The van der Waals surface area contributed by atoms with E-state index in [4.69, 9.17) is 9.47 Å². The van der Waals surface area contributed by atoms with Gasteiger partial charge in [-0.2, -0.15) is 0 Å². The average molecular weight is 374 g/mol. The Morgan fingerprint density at radius 3 is 2.67 bits per heavy atom. The fourth-order valence-electron chi connectivity index (χ4n) is 3.32. The Morgan fingerprint density at radius 2 is 2.00 bits per heavy atom. The van der Waals surface area contributed by atoms with Gasteiger partial charge in [0.05, 0.1) is 7.11 Å². The monoisotopic (exact) mass is 374 g/mol. The van der Waals surface area contributed by atoms with Crippen molar-refractivity contribution in [1.29, 1.82) is 0 Å². The normalized spacial score (nSPS) is 19.9. The van der Waals surface area contributed by atoms with Crippen LogP contribution >= 0.6 is 0 Å². The summed E-state index contributed by atoms with van der Waals surface area (Å²) >= 11 is 0. The molecule has 0 spiro atoms. The van der Waals surface area contributed by atoms with Crippen molar-refractivity contribution in [2.24, 2.45) is 0 Å². The van der Waals surface area contributed by atoms with Crippen LogP contribution in [0, 0.1) is 0 Å². The smallest absolute Gasteiger partial charge is 0.410 e.